The van der Waals surface area contributed by atoms with Gasteiger partial charge in [-0.2, -0.15) is 0 Å². The number of rotatable bonds is 9. The summed E-state index contributed by atoms with van der Waals surface area (Å²) >= 11 is 0. The molecule has 0 fully saturated rings. The monoisotopic (exact) mass is 228 g/mol. The highest BCUT2D eigenvalue weighted by molar-refractivity contribution is 6.08. The third-order valence-electron chi connectivity index (χ3n) is 2.33. The molecule has 2 nitrogen and oxygen atoms in total. The average Bonchev–Trinajstić information content (AvgIpc) is 2.21. The predicted molar refractivity (Wildman–Crippen MR) is 68.2 cm³/mol. The minimum Gasteiger partial charge on any atom is -0.462 e. The van der Waals surface area contributed by atoms with Crippen LogP contribution in [0.15, 0.2) is 12.2 Å². The summed E-state index contributed by atoms with van der Waals surface area (Å²) in [5.41, 5.74) is 0.488. The average molecular weight is 228 g/mol. The van der Waals surface area contributed by atoms with Crippen LogP contribution in [0.4, 0.5) is 0 Å². The second kappa shape index (κ2) is 9.96. The minimum absolute atomic E-state index is 0.258. The molecular formula is C12H24O2Si. The fraction of sp³-hybridized carbons (Fsp3) is 0.750. The van der Waals surface area contributed by atoms with E-state index in [0.29, 0.717) is 12.2 Å². The summed E-state index contributed by atoms with van der Waals surface area (Å²) in [7, 11) is 1.34. The van der Waals surface area contributed by atoms with Crippen LogP contribution in [0.25, 0.3) is 0 Å². The van der Waals surface area contributed by atoms with Gasteiger partial charge in [0, 0.05) is 15.8 Å². The maximum absolute atomic E-state index is 11.0. The molecule has 0 aliphatic carbocycles. The smallest absolute Gasteiger partial charge is 0.333 e. The number of esters is 1. The van der Waals surface area contributed by atoms with E-state index in [0.717, 1.165) is 6.42 Å². The van der Waals surface area contributed by atoms with E-state index in [1.165, 1.54) is 48.4 Å². The van der Waals surface area contributed by atoms with Crippen molar-refractivity contribution in [3.8, 4) is 0 Å². The lowest BCUT2D eigenvalue weighted by Crippen LogP contribution is -2.05. The van der Waals surface area contributed by atoms with Crippen molar-refractivity contribution in [3.63, 3.8) is 0 Å². The molecule has 0 rings (SSSR count). The van der Waals surface area contributed by atoms with E-state index in [-0.39, 0.29) is 5.97 Å². The minimum atomic E-state index is -0.258. The normalized spacial score (nSPS) is 10.2. The van der Waals surface area contributed by atoms with Crippen LogP contribution in [0.5, 0.6) is 0 Å². The second-order valence-corrected chi connectivity index (χ2v) is 5.04. The maximum Gasteiger partial charge on any atom is 0.333 e. The van der Waals surface area contributed by atoms with Gasteiger partial charge >= 0.3 is 5.97 Å². The Labute approximate surface area is 96.5 Å². The molecule has 0 unspecified atom stereocenters. The third kappa shape index (κ3) is 9.72. The zero-order chi connectivity index (χ0) is 11.5. The first kappa shape index (κ1) is 14.4. The number of unbranched alkanes of at least 4 members (excludes halogenated alkanes) is 5. The van der Waals surface area contributed by atoms with Crippen LogP contribution in [0.3, 0.4) is 0 Å². The number of carbonyl (C=O) groups excluding carboxylic acids is 1. The quantitative estimate of drug-likeness (QED) is 0.262. The van der Waals surface area contributed by atoms with E-state index in [1.54, 1.807) is 6.92 Å². The summed E-state index contributed by atoms with van der Waals surface area (Å²) in [5, 5.41) is 0. The standard InChI is InChI=1S/C12H24O2Si/c1-11(2)12(13)14-9-7-5-3-4-6-8-10-15/h1,3-10H2,2,15H3. The molecule has 0 amide bonds. The van der Waals surface area contributed by atoms with Crippen molar-refractivity contribution in [3.05, 3.63) is 12.2 Å². The van der Waals surface area contributed by atoms with Crippen molar-refractivity contribution in [1.82, 2.24) is 0 Å². The van der Waals surface area contributed by atoms with Gasteiger partial charge in [0.25, 0.3) is 0 Å². The fourth-order valence-electron chi connectivity index (χ4n) is 1.35. The van der Waals surface area contributed by atoms with Crippen molar-refractivity contribution in [2.75, 3.05) is 6.61 Å². The van der Waals surface area contributed by atoms with Crippen LogP contribution < -0.4 is 0 Å². The second-order valence-electron chi connectivity index (χ2n) is 4.04. The molecule has 0 N–H and O–H groups in total. The molecule has 88 valence electrons. The van der Waals surface area contributed by atoms with Crippen molar-refractivity contribution >= 4 is 16.2 Å². The number of hydrogen-bond acceptors (Lipinski definition) is 2. The van der Waals surface area contributed by atoms with Gasteiger partial charge in [-0.25, -0.2) is 4.79 Å². The van der Waals surface area contributed by atoms with Gasteiger partial charge < -0.3 is 4.74 Å². The van der Waals surface area contributed by atoms with Gasteiger partial charge in [-0.05, 0) is 13.3 Å². The summed E-state index contributed by atoms with van der Waals surface area (Å²) in [5.74, 6) is -0.258. The van der Waals surface area contributed by atoms with Crippen LogP contribution in [0.1, 0.15) is 45.4 Å². The van der Waals surface area contributed by atoms with E-state index in [1.807, 2.05) is 0 Å². The summed E-state index contributed by atoms with van der Waals surface area (Å²) < 4.78 is 5.00. The van der Waals surface area contributed by atoms with E-state index in [4.69, 9.17) is 4.74 Å². The molecule has 0 radical (unpaired) electrons. The fourth-order valence-corrected chi connectivity index (χ4v) is 1.85. The molecule has 0 aromatic rings. The van der Waals surface area contributed by atoms with E-state index in [2.05, 4.69) is 6.58 Å². The Hall–Kier alpha value is -0.573. The van der Waals surface area contributed by atoms with Gasteiger partial charge in [0.2, 0.25) is 0 Å². The van der Waals surface area contributed by atoms with Crippen molar-refractivity contribution in [2.45, 2.75) is 51.5 Å². The molecule has 15 heavy (non-hydrogen) atoms. The van der Waals surface area contributed by atoms with Gasteiger partial charge in [0.05, 0.1) is 6.61 Å². The first-order chi connectivity index (χ1) is 7.18. The molecule has 0 spiro atoms. The summed E-state index contributed by atoms with van der Waals surface area (Å²) in [6, 6.07) is 1.43. The highest BCUT2D eigenvalue weighted by Gasteiger charge is 2.01. The molecule has 0 saturated heterocycles. The third-order valence-corrected chi connectivity index (χ3v) is 3.04. The topological polar surface area (TPSA) is 26.3 Å². The Kier molecular flexibility index (Phi) is 9.58. The Bertz CT molecular complexity index is 190. The van der Waals surface area contributed by atoms with Crippen molar-refractivity contribution in [1.29, 1.82) is 0 Å². The first-order valence-corrected chi connectivity index (χ1v) is 7.42. The Morgan fingerprint density at radius 3 is 2.20 bits per heavy atom. The molecular weight excluding hydrogens is 204 g/mol. The molecule has 0 saturated carbocycles. The van der Waals surface area contributed by atoms with Crippen molar-refractivity contribution in [2.24, 2.45) is 0 Å². The van der Waals surface area contributed by atoms with Gasteiger partial charge in [0.1, 0.15) is 0 Å². The van der Waals surface area contributed by atoms with Crippen molar-refractivity contribution < 1.29 is 9.53 Å². The zero-order valence-electron chi connectivity index (χ0n) is 10.2. The molecule has 0 heterocycles. The highest BCUT2D eigenvalue weighted by Crippen LogP contribution is 2.06. The maximum atomic E-state index is 11.0. The van der Waals surface area contributed by atoms with Gasteiger partial charge in [-0.15, -0.1) is 0 Å². The Morgan fingerprint density at radius 1 is 1.13 bits per heavy atom. The Morgan fingerprint density at radius 2 is 1.67 bits per heavy atom. The Balaban J connectivity index is 3.11. The zero-order valence-corrected chi connectivity index (χ0v) is 12.2. The predicted octanol–water partition coefficient (Wildman–Crippen LogP) is 2.23. The van der Waals surface area contributed by atoms with Crippen LogP contribution >= 0.6 is 0 Å². The SMILES string of the molecule is C=C(C)C(=O)OCCCCCCCC[SiH3]. The molecule has 0 aliphatic rings. The summed E-state index contributed by atoms with van der Waals surface area (Å²) in [6.45, 7) is 5.76. The summed E-state index contributed by atoms with van der Waals surface area (Å²) in [4.78, 5) is 11.0. The lowest BCUT2D eigenvalue weighted by Gasteiger charge is -2.04. The molecule has 0 aromatic heterocycles. The molecule has 3 heteroatoms. The van der Waals surface area contributed by atoms with Crippen LogP contribution in [0.2, 0.25) is 6.04 Å². The van der Waals surface area contributed by atoms with Gasteiger partial charge in [-0.3, -0.25) is 0 Å². The molecule has 0 aromatic carbocycles. The molecule has 0 bridgehead atoms. The van der Waals surface area contributed by atoms with E-state index >= 15 is 0 Å². The number of ether oxygens (including phenoxy) is 1. The largest absolute Gasteiger partial charge is 0.462 e. The summed E-state index contributed by atoms with van der Waals surface area (Å²) in [6.07, 6.45) is 7.53. The van der Waals surface area contributed by atoms with E-state index < -0.39 is 0 Å². The first-order valence-electron chi connectivity index (χ1n) is 6.01. The highest BCUT2D eigenvalue weighted by atomic mass is 28.1. The van der Waals surface area contributed by atoms with Crippen LogP contribution in [0, 0.1) is 0 Å². The lowest BCUT2D eigenvalue weighted by molar-refractivity contribution is -0.139. The van der Waals surface area contributed by atoms with Gasteiger partial charge in [-0.1, -0.05) is 44.7 Å². The van der Waals surface area contributed by atoms with Crippen LogP contribution in [-0.2, 0) is 9.53 Å². The molecule has 0 aliphatic heterocycles. The van der Waals surface area contributed by atoms with Gasteiger partial charge in [0.15, 0.2) is 0 Å². The number of carbonyl (C=O) groups is 1. The molecule has 0 atom stereocenters. The lowest BCUT2D eigenvalue weighted by atomic mass is 10.1. The number of hydrogen-bond donors (Lipinski definition) is 0. The van der Waals surface area contributed by atoms with Crippen LogP contribution in [-0.4, -0.2) is 22.8 Å². The van der Waals surface area contributed by atoms with E-state index in [9.17, 15) is 4.79 Å².